The summed E-state index contributed by atoms with van der Waals surface area (Å²) < 4.78 is 4.83. The molecule has 0 fully saturated rings. The van der Waals surface area contributed by atoms with Crippen LogP contribution in [0.3, 0.4) is 0 Å². The Morgan fingerprint density at radius 2 is 2.00 bits per heavy atom. The first kappa shape index (κ1) is 14.7. The number of thioether (sulfide) groups is 1. The molecule has 4 nitrogen and oxygen atoms in total. The van der Waals surface area contributed by atoms with Crippen LogP contribution in [-0.2, 0) is 20.7 Å². The van der Waals surface area contributed by atoms with Crippen LogP contribution in [0.15, 0.2) is 30.3 Å². The number of benzene rings is 1. The van der Waals surface area contributed by atoms with E-state index in [0.29, 0.717) is 18.8 Å². The van der Waals surface area contributed by atoms with E-state index in [2.05, 4.69) is 5.73 Å². The van der Waals surface area contributed by atoms with Gasteiger partial charge in [-0.2, -0.15) is 0 Å². The minimum absolute atomic E-state index is 0.0409. The minimum atomic E-state index is -0.491. The van der Waals surface area contributed by atoms with Gasteiger partial charge < -0.3 is 10.5 Å². The summed E-state index contributed by atoms with van der Waals surface area (Å²) in [5.41, 5.74) is 4.67. The summed E-state index contributed by atoms with van der Waals surface area (Å²) in [7, 11) is 0. The molecule has 0 radical (unpaired) electrons. The van der Waals surface area contributed by atoms with Crippen LogP contribution < -0.4 is 5.73 Å². The Morgan fingerprint density at radius 1 is 1.33 bits per heavy atom. The molecule has 1 aromatic carbocycles. The molecule has 0 aromatic heterocycles. The third-order valence-corrected chi connectivity index (χ3v) is 3.29. The Morgan fingerprint density at radius 3 is 2.61 bits per heavy atom. The van der Waals surface area contributed by atoms with E-state index >= 15 is 0 Å². The molecule has 0 saturated carbocycles. The molecule has 0 amide bonds. The van der Waals surface area contributed by atoms with Gasteiger partial charge in [0.25, 0.3) is 0 Å². The van der Waals surface area contributed by atoms with E-state index in [1.165, 1.54) is 0 Å². The van der Waals surface area contributed by atoms with E-state index in [-0.39, 0.29) is 11.1 Å². The Labute approximate surface area is 111 Å². The van der Waals surface area contributed by atoms with Crippen molar-refractivity contribution < 1.29 is 20.1 Å². The fraction of sp³-hybridized carbons (Fsp3) is 0.385. The molecule has 3 N–H and O–H groups in total. The lowest BCUT2D eigenvalue weighted by Gasteiger charge is -2.06. The number of esters is 1. The maximum absolute atomic E-state index is 11.7. The second kappa shape index (κ2) is 7.89. The van der Waals surface area contributed by atoms with Crippen molar-refractivity contribution in [2.75, 3.05) is 12.4 Å². The molecule has 0 saturated heterocycles. The van der Waals surface area contributed by atoms with Crippen LogP contribution in [0, 0.1) is 0 Å². The minimum Gasteiger partial charge on any atom is -0.462 e. The lowest BCUT2D eigenvalue weighted by molar-refractivity contribution is -0.401. The number of rotatable bonds is 6. The fourth-order valence-electron chi connectivity index (χ4n) is 1.34. The highest BCUT2D eigenvalue weighted by atomic mass is 32.2. The van der Waals surface area contributed by atoms with Crippen LogP contribution in [0.4, 0.5) is 0 Å². The highest BCUT2D eigenvalue weighted by Gasteiger charge is 2.20. The van der Waals surface area contributed by atoms with Crippen molar-refractivity contribution in [3.8, 4) is 0 Å². The predicted octanol–water partition coefficient (Wildman–Crippen LogP) is 0.663. The predicted molar refractivity (Wildman–Crippen MR) is 70.9 cm³/mol. The van der Waals surface area contributed by atoms with Gasteiger partial charge in [-0.3, -0.25) is 4.79 Å². The maximum atomic E-state index is 11.7. The molecule has 0 bridgehead atoms. The first-order chi connectivity index (χ1) is 8.63. The van der Waals surface area contributed by atoms with Gasteiger partial charge in [0.2, 0.25) is 0 Å². The van der Waals surface area contributed by atoms with Crippen LogP contribution in [-0.4, -0.2) is 29.5 Å². The molecule has 1 atom stereocenters. The zero-order chi connectivity index (χ0) is 13.4. The molecule has 0 spiro atoms. The summed E-state index contributed by atoms with van der Waals surface area (Å²) in [6.07, 6.45) is 0.376. The highest BCUT2D eigenvalue weighted by molar-refractivity contribution is 8.13. The van der Waals surface area contributed by atoms with E-state index in [1.807, 2.05) is 30.3 Å². The van der Waals surface area contributed by atoms with Crippen molar-refractivity contribution >= 4 is 22.8 Å². The summed E-state index contributed by atoms with van der Waals surface area (Å²) in [4.78, 5) is 23.0. The molecular weight excluding hydrogens is 250 g/mol. The van der Waals surface area contributed by atoms with E-state index in [0.717, 1.165) is 17.3 Å². The quantitative estimate of drug-likeness (QED) is 0.770. The van der Waals surface area contributed by atoms with Crippen LogP contribution in [0.5, 0.6) is 0 Å². The molecule has 0 aliphatic rings. The van der Waals surface area contributed by atoms with E-state index < -0.39 is 6.04 Å². The zero-order valence-electron chi connectivity index (χ0n) is 10.4. The maximum Gasteiger partial charge on any atom is 0.365 e. The number of ether oxygens (including phenoxy) is 1. The standard InChI is InChI=1S/C13H17NO3S/c1-2-17-13(16)11(14)9-18-12(15)8-10-6-4-3-5-7-10/h3-7,11H,2,8-9,14H2,1H3/p+1/t11-/m0/s1. The largest absolute Gasteiger partial charge is 0.462 e. The van der Waals surface area contributed by atoms with Crippen molar-refractivity contribution in [2.45, 2.75) is 19.4 Å². The van der Waals surface area contributed by atoms with Gasteiger partial charge in [-0.15, -0.1) is 0 Å². The Hall–Kier alpha value is -1.33. The average Bonchev–Trinajstić information content (AvgIpc) is 2.37. The molecule has 0 heterocycles. The monoisotopic (exact) mass is 268 g/mol. The summed E-state index contributed by atoms with van der Waals surface area (Å²) in [5, 5.41) is 0.0409. The van der Waals surface area contributed by atoms with Gasteiger partial charge in [0.15, 0.2) is 11.2 Å². The third kappa shape index (κ3) is 5.33. The molecule has 98 valence electrons. The molecule has 5 heteroatoms. The Bertz CT molecular complexity index is 394. The SMILES string of the molecule is CCOC(=O)[C@@H]([NH3+])CSC(=O)Cc1ccccc1. The number of hydrogen-bond acceptors (Lipinski definition) is 4. The van der Waals surface area contributed by atoms with Gasteiger partial charge in [0.05, 0.1) is 12.4 Å². The van der Waals surface area contributed by atoms with Crippen molar-refractivity contribution in [1.82, 2.24) is 0 Å². The molecular formula is C13H18NO3S+. The van der Waals surface area contributed by atoms with Crippen molar-refractivity contribution in [3.63, 3.8) is 0 Å². The van der Waals surface area contributed by atoms with Gasteiger partial charge in [-0.1, -0.05) is 42.1 Å². The summed E-state index contributed by atoms with van der Waals surface area (Å²) in [5.74, 6) is 0.0160. The first-order valence-electron chi connectivity index (χ1n) is 5.82. The zero-order valence-corrected chi connectivity index (χ0v) is 11.2. The fourth-order valence-corrected chi connectivity index (χ4v) is 2.13. The molecule has 0 aliphatic heterocycles. The van der Waals surface area contributed by atoms with Crippen molar-refractivity contribution in [3.05, 3.63) is 35.9 Å². The number of carbonyl (C=O) groups is 2. The normalized spacial score (nSPS) is 11.9. The van der Waals surface area contributed by atoms with E-state index in [4.69, 9.17) is 4.74 Å². The lowest BCUT2D eigenvalue weighted by Crippen LogP contribution is -2.66. The molecule has 0 unspecified atom stereocenters. The van der Waals surface area contributed by atoms with Crippen LogP contribution >= 0.6 is 11.8 Å². The second-order valence-electron chi connectivity index (χ2n) is 3.79. The number of hydrogen-bond donors (Lipinski definition) is 1. The summed E-state index contributed by atoms with van der Waals surface area (Å²) in [6, 6.07) is 9.03. The first-order valence-corrected chi connectivity index (χ1v) is 6.81. The van der Waals surface area contributed by atoms with E-state index in [1.54, 1.807) is 6.92 Å². The molecule has 0 aliphatic carbocycles. The van der Waals surface area contributed by atoms with Crippen LogP contribution in [0.25, 0.3) is 0 Å². The summed E-state index contributed by atoms with van der Waals surface area (Å²) in [6.45, 7) is 2.09. The average molecular weight is 268 g/mol. The number of quaternary nitrogens is 1. The summed E-state index contributed by atoms with van der Waals surface area (Å²) >= 11 is 1.13. The van der Waals surface area contributed by atoms with Crippen LogP contribution in [0.1, 0.15) is 12.5 Å². The van der Waals surface area contributed by atoms with Gasteiger partial charge in [0, 0.05) is 6.42 Å². The molecule has 1 aromatic rings. The van der Waals surface area contributed by atoms with Gasteiger partial charge in [-0.05, 0) is 12.5 Å². The topological polar surface area (TPSA) is 71.0 Å². The van der Waals surface area contributed by atoms with Gasteiger partial charge >= 0.3 is 5.97 Å². The van der Waals surface area contributed by atoms with Crippen molar-refractivity contribution in [1.29, 1.82) is 0 Å². The van der Waals surface area contributed by atoms with Gasteiger partial charge in [0.1, 0.15) is 0 Å². The second-order valence-corrected chi connectivity index (χ2v) is 4.87. The van der Waals surface area contributed by atoms with Gasteiger partial charge in [-0.25, -0.2) is 4.79 Å². The number of carbonyl (C=O) groups excluding carboxylic acids is 2. The van der Waals surface area contributed by atoms with Crippen molar-refractivity contribution in [2.24, 2.45) is 0 Å². The Kier molecular flexibility index (Phi) is 6.46. The van der Waals surface area contributed by atoms with E-state index in [9.17, 15) is 9.59 Å². The third-order valence-electron chi connectivity index (χ3n) is 2.26. The highest BCUT2D eigenvalue weighted by Crippen LogP contribution is 2.09. The lowest BCUT2D eigenvalue weighted by atomic mass is 10.2. The molecule has 1 rings (SSSR count). The molecule has 18 heavy (non-hydrogen) atoms. The van der Waals surface area contributed by atoms with Crippen LogP contribution in [0.2, 0.25) is 0 Å². The smallest absolute Gasteiger partial charge is 0.365 e. The Balaban J connectivity index is 2.31.